The van der Waals surface area contributed by atoms with E-state index in [0.29, 0.717) is 0 Å². The summed E-state index contributed by atoms with van der Waals surface area (Å²) in [4.78, 5) is 2.34. The number of piperazine rings is 1. The zero-order valence-corrected chi connectivity index (χ0v) is 11.5. The zero-order chi connectivity index (χ0) is 13.0. The van der Waals surface area contributed by atoms with Gasteiger partial charge in [0.2, 0.25) is 0 Å². The predicted octanol–water partition coefficient (Wildman–Crippen LogP) is 1.34. The van der Waals surface area contributed by atoms with Gasteiger partial charge in [0.05, 0.1) is 11.9 Å². The van der Waals surface area contributed by atoms with Gasteiger partial charge >= 0.3 is 0 Å². The van der Waals surface area contributed by atoms with E-state index < -0.39 is 0 Å². The highest BCUT2D eigenvalue weighted by atomic mass is 15.2. The van der Waals surface area contributed by atoms with Gasteiger partial charge in [-0.2, -0.15) is 5.10 Å². The van der Waals surface area contributed by atoms with Gasteiger partial charge in [0.15, 0.2) is 5.82 Å². The molecule has 0 unspecified atom stereocenters. The van der Waals surface area contributed by atoms with Crippen LogP contribution in [0.4, 0.5) is 11.5 Å². The summed E-state index contributed by atoms with van der Waals surface area (Å²) in [6.45, 7) is 11.6. The van der Waals surface area contributed by atoms with E-state index >= 15 is 0 Å². The number of aromatic nitrogens is 2. The Bertz CT molecular complexity index is 379. The molecule has 100 valence electrons. The Hall–Kier alpha value is -1.36. The van der Waals surface area contributed by atoms with Crippen LogP contribution in [0.3, 0.4) is 0 Å². The molecule has 1 fully saturated rings. The van der Waals surface area contributed by atoms with Crippen LogP contribution in [0.25, 0.3) is 0 Å². The van der Waals surface area contributed by atoms with Crippen LogP contribution in [-0.2, 0) is 0 Å². The Labute approximate surface area is 109 Å². The summed E-state index contributed by atoms with van der Waals surface area (Å²) in [5.74, 6) is 0.862. The van der Waals surface area contributed by atoms with Crippen molar-refractivity contribution in [2.45, 2.75) is 20.8 Å². The maximum atomic E-state index is 4.13. The van der Waals surface area contributed by atoms with Crippen molar-refractivity contribution in [1.29, 1.82) is 0 Å². The van der Waals surface area contributed by atoms with Crippen LogP contribution >= 0.6 is 0 Å². The number of hydrogen-bond donors (Lipinski definition) is 2. The van der Waals surface area contributed by atoms with Gasteiger partial charge in [-0.25, -0.2) is 0 Å². The Balaban J connectivity index is 2.00. The Morgan fingerprint density at radius 2 is 2.06 bits per heavy atom. The van der Waals surface area contributed by atoms with Crippen LogP contribution < -0.4 is 15.5 Å². The highest BCUT2D eigenvalue weighted by Crippen LogP contribution is 2.18. The van der Waals surface area contributed by atoms with Crippen molar-refractivity contribution in [2.24, 2.45) is 5.41 Å². The number of anilines is 2. The molecule has 1 aliphatic rings. The van der Waals surface area contributed by atoms with Crippen LogP contribution in [0.1, 0.15) is 20.8 Å². The molecule has 2 heterocycles. The Morgan fingerprint density at radius 3 is 2.72 bits per heavy atom. The fourth-order valence-corrected chi connectivity index (χ4v) is 1.89. The standard InChI is InChI=1S/C13H23N5/c1-13(2,3)10-15-12-8-11(9-16-17-12)18-6-4-14-5-7-18/h8-9,14H,4-7,10H2,1-3H3,(H,15,17). The van der Waals surface area contributed by atoms with Crippen LogP contribution in [0.5, 0.6) is 0 Å². The van der Waals surface area contributed by atoms with Crippen LogP contribution in [0.2, 0.25) is 0 Å². The van der Waals surface area contributed by atoms with Crippen molar-refractivity contribution in [3.8, 4) is 0 Å². The number of hydrogen-bond acceptors (Lipinski definition) is 5. The first-order chi connectivity index (χ1) is 8.54. The Kier molecular flexibility index (Phi) is 4.01. The van der Waals surface area contributed by atoms with E-state index in [4.69, 9.17) is 0 Å². The number of rotatable bonds is 3. The number of nitrogens with zero attached hydrogens (tertiary/aromatic N) is 3. The molecule has 5 heteroatoms. The minimum atomic E-state index is 0.243. The van der Waals surface area contributed by atoms with E-state index in [1.807, 2.05) is 6.20 Å². The highest BCUT2D eigenvalue weighted by Gasteiger charge is 2.13. The summed E-state index contributed by atoms with van der Waals surface area (Å²) in [5.41, 5.74) is 1.40. The molecule has 0 radical (unpaired) electrons. The van der Waals surface area contributed by atoms with Gasteiger partial charge in [0.1, 0.15) is 0 Å². The molecule has 1 saturated heterocycles. The second-order valence-electron chi connectivity index (χ2n) is 5.95. The maximum absolute atomic E-state index is 4.13. The van der Waals surface area contributed by atoms with Crippen LogP contribution in [0, 0.1) is 5.41 Å². The minimum Gasteiger partial charge on any atom is -0.368 e. The van der Waals surface area contributed by atoms with E-state index in [1.54, 1.807) is 0 Å². The average molecular weight is 249 g/mol. The van der Waals surface area contributed by atoms with Crippen molar-refractivity contribution >= 4 is 11.5 Å². The van der Waals surface area contributed by atoms with E-state index in [0.717, 1.165) is 44.2 Å². The van der Waals surface area contributed by atoms with E-state index in [1.165, 1.54) is 0 Å². The molecule has 1 aromatic heterocycles. The fourth-order valence-electron chi connectivity index (χ4n) is 1.89. The van der Waals surface area contributed by atoms with Crippen molar-refractivity contribution in [1.82, 2.24) is 15.5 Å². The lowest BCUT2D eigenvalue weighted by Crippen LogP contribution is -2.43. The van der Waals surface area contributed by atoms with E-state index in [-0.39, 0.29) is 5.41 Å². The summed E-state index contributed by atoms with van der Waals surface area (Å²) in [5, 5.41) is 14.9. The average Bonchev–Trinajstić information content (AvgIpc) is 2.37. The van der Waals surface area contributed by atoms with Gasteiger partial charge in [-0.15, -0.1) is 5.10 Å². The summed E-state index contributed by atoms with van der Waals surface area (Å²) in [6.07, 6.45) is 1.84. The molecule has 0 saturated carbocycles. The van der Waals surface area contributed by atoms with Crippen molar-refractivity contribution in [2.75, 3.05) is 42.9 Å². The lowest BCUT2D eigenvalue weighted by atomic mass is 9.97. The second kappa shape index (κ2) is 5.52. The van der Waals surface area contributed by atoms with Crippen LogP contribution in [-0.4, -0.2) is 42.9 Å². The third-order valence-corrected chi connectivity index (χ3v) is 2.92. The summed E-state index contributed by atoms with van der Waals surface area (Å²) in [6, 6.07) is 2.09. The van der Waals surface area contributed by atoms with Crippen molar-refractivity contribution in [3.05, 3.63) is 12.3 Å². The summed E-state index contributed by atoms with van der Waals surface area (Å²) in [7, 11) is 0. The van der Waals surface area contributed by atoms with Gasteiger partial charge in [0.25, 0.3) is 0 Å². The van der Waals surface area contributed by atoms with Gasteiger partial charge < -0.3 is 15.5 Å². The van der Waals surface area contributed by atoms with E-state index in [2.05, 4.69) is 52.6 Å². The van der Waals surface area contributed by atoms with Gasteiger partial charge in [-0.3, -0.25) is 0 Å². The quantitative estimate of drug-likeness (QED) is 0.847. The second-order valence-corrected chi connectivity index (χ2v) is 5.95. The van der Waals surface area contributed by atoms with Crippen LogP contribution in [0.15, 0.2) is 12.3 Å². The fraction of sp³-hybridized carbons (Fsp3) is 0.692. The normalized spacial score (nSPS) is 16.7. The molecule has 0 amide bonds. The first-order valence-corrected chi connectivity index (χ1v) is 6.57. The summed E-state index contributed by atoms with van der Waals surface area (Å²) < 4.78 is 0. The maximum Gasteiger partial charge on any atom is 0.150 e. The molecule has 1 aromatic rings. The molecule has 2 rings (SSSR count). The van der Waals surface area contributed by atoms with Crippen molar-refractivity contribution in [3.63, 3.8) is 0 Å². The molecule has 18 heavy (non-hydrogen) atoms. The molecule has 0 atom stereocenters. The molecule has 0 bridgehead atoms. The third-order valence-electron chi connectivity index (χ3n) is 2.92. The SMILES string of the molecule is CC(C)(C)CNc1cc(N2CCNCC2)cnn1. The molecular weight excluding hydrogens is 226 g/mol. The molecular formula is C13H23N5. The first-order valence-electron chi connectivity index (χ1n) is 6.57. The molecule has 0 aliphatic carbocycles. The lowest BCUT2D eigenvalue weighted by Gasteiger charge is -2.29. The van der Waals surface area contributed by atoms with Gasteiger partial charge in [0, 0.05) is 38.8 Å². The zero-order valence-electron chi connectivity index (χ0n) is 11.5. The molecule has 0 spiro atoms. The Morgan fingerprint density at radius 1 is 1.33 bits per heavy atom. The molecule has 5 nitrogen and oxygen atoms in total. The predicted molar refractivity (Wildman–Crippen MR) is 75.1 cm³/mol. The largest absolute Gasteiger partial charge is 0.368 e. The highest BCUT2D eigenvalue weighted by molar-refractivity contribution is 5.52. The van der Waals surface area contributed by atoms with Crippen molar-refractivity contribution < 1.29 is 0 Å². The lowest BCUT2D eigenvalue weighted by molar-refractivity contribution is 0.442. The molecule has 0 aromatic carbocycles. The summed E-state index contributed by atoms with van der Waals surface area (Å²) >= 11 is 0. The third kappa shape index (κ3) is 3.84. The molecule has 2 N–H and O–H groups in total. The smallest absolute Gasteiger partial charge is 0.150 e. The minimum absolute atomic E-state index is 0.243. The number of nitrogens with one attached hydrogen (secondary N) is 2. The van der Waals surface area contributed by atoms with E-state index in [9.17, 15) is 0 Å². The molecule has 1 aliphatic heterocycles. The topological polar surface area (TPSA) is 53.1 Å². The van der Waals surface area contributed by atoms with Gasteiger partial charge in [-0.1, -0.05) is 20.8 Å². The monoisotopic (exact) mass is 249 g/mol. The van der Waals surface area contributed by atoms with Gasteiger partial charge in [-0.05, 0) is 5.41 Å². The first kappa shape index (κ1) is 13.1.